The molecule has 0 aliphatic carbocycles. The summed E-state index contributed by atoms with van der Waals surface area (Å²) in [5.41, 5.74) is 1.55. The Morgan fingerprint density at radius 3 is 1.50 bits per heavy atom. The molecule has 0 aromatic heterocycles. The van der Waals surface area contributed by atoms with Crippen molar-refractivity contribution in [1.82, 2.24) is 0 Å². The van der Waals surface area contributed by atoms with Crippen LogP contribution in [0, 0.1) is 0 Å². The molecule has 0 aliphatic heterocycles. The fourth-order valence-corrected chi connectivity index (χ4v) is 4.88. The van der Waals surface area contributed by atoms with Gasteiger partial charge in [0.1, 0.15) is 6.04 Å². The van der Waals surface area contributed by atoms with Crippen LogP contribution in [0.4, 0.5) is 0 Å². The van der Waals surface area contributed by atoms with Crippen molar-refractivity contribution in [2.75, 3.05) is 20.6 Å². The first-order valence-electron chi connectivity index (χ1n) is 13.5. The topological polar surface area (TPSA) is 0 Å². The standard InChI is InChI=1S/C29H54N/c1-5-7-9-11-13-15-17-22-26-29(28-24-20-19-21-25-28)30(3,4)27-23-18-16-14-12-10-8-6-2/h19-21,24-25,29H,5-18,22-23,26-27H2,1-4H3/q+1. The fraction of sp³-hybridized carbons (Fsp3) is 0.793. The maximum absolute atomic E-state index is 2.48. The molecule has 0 spiro atoms. The Morgan fingerprint density at radius 1 is 0.567 bits per heavy atom. The van der Waals surface area contributed by atoms with Crippen LogP contribution in [0.15, 0.2) is 30.3 Å². The molecule has 1 aromatic carbocycles. The van der Waals surface area contributed by atoms with Crippen molar-refractivity contribution in [2.24, 2.45) is 0 Å². The Hall–Kier alpha value is -0.820. The van der Waals surface area contributed by atoms with E-state index >= 15 is 0 Å². The van der Waals surface area contributed by atoms with E-state index in [9.17, 15) is 0 Å². The second-order valence-electron chi connectivity index (χ2n) is 10.2. The van der Waals surface area contributed by atoms with Gasteiger partial charge < -0.3 is 4.48 Å². The van der Waals surface area contributed by atoms with Crippen LogP contribution < -0.4 is 0 Å². The summed E-state index contributed by atoms with van der Waals surface area (Å²) in [6.07, 6.45) is 23.9. The van der Waals surface area contributed by atoms with Gasteiger partial charge in [0.15, 0.2) is 0 Å². The lowest BCUT2D eigenvalue weighted by atomic mass is 9.96. The average molecular weight is 417 g/mol. The van der Waals surface area contributed by atoms with E-state index < -0.39 is 0 Å². The molecule has 30 heavy (non-hydrogen) atoms. The van der Waals surface area contributed by atoms with Crippen molar-refractivity contribution in [3.63, 3.8) is 0 Å². The Balaban J connectivity index is 2.38. The highest BCUT2D eigenvalue weighted by atomic mass is 15.3. The zero-order valence-electron chi connectivity index (χ0n) is 21.1. The molecule has 174 valence electrons. The van der Waals surface area contributed by atoms with E-state index in [-0.39, 0.29) is 0 Å². The second-order valence-corrected chi connectivity index (χ2v) is 10.2. The van der Waals surface area contributed by atoms with Gasteiger partial charge in [-0.25, -0.2) is 0 Å². The van der Waals surface area contributed by atoms with Crippen molar-refractivity contribution in [3.05, 3.63) is 35.9 Å². The van der Waals surface area contributed by atoms with Gasteiger partial charge in [-0.2, -0.15) is 0 Å². The van der Waals surface area contributed by atoms with E-state index in [2.05, 4.69) is 58.3 Å². The molecule has 1 nitrogen and oxygen atoms in total. The highest BCUT2D eigenvalue weighted by Crippen LogP contribution is 2.31. The number of unbranched alkanes of at least 4 members (excludes halogenated alkanes) is 14. The van der Waals surface area contributed by atoms with Gasteiger partial charge in [0, 0.05) is 12.0 Å². The van der Waals surface area contributed by atoms with E-state index in [4.69, 9.17) is 0 Å². The first kappa shape index (κ1) is 27.2. The highest BCUT2D eigenvalue weighted by Gasteiger charge is 2.28. The maximum atomic E-state index is 2.48. The predicted octanol–water partition coefficient (Wildman–Crippen LogP) is 9.48. The predicted molar refractivity (Wildman–Crippen MR) is 136 cm³/mol. The summed E-state index contributed by atoms with van der Waals surface area (Å²) in [6, 6.07) is 12.0. The third-order valence-electron chi connectivity index (χ3n) is 6.95. The number of hydrogen-bond acceptors (Lipinski definition) is 0. The first-order valence-corrected chi connectivity index (χ1v) is 13.5. The molecule has 0 bridgehead atoms. The third-order valence-corrected chi connectivity index (χ3v) is 6.95. The zero-order chi connectivity index (χ0) is 21.9. The van der Waals surface area contributed by atoms with Crippen LogP contribution in [0.3, 0.4) is 0 Å². The molecular weight excluding hydrogens is 362 g/mol. The van der Waals surface area contributed by atoms with Crippen LogP contribution in [0.1, 0.15) is 135 Å². The molecule has 0 heterocycles. The van der Waals surface area contributed by atoms with E-state index in [0.717, 1.165) is 4.48 Å². The molecule has 1 aromatic rings. The average Bonchev–Trinajstić information content (AvgIpc) is 2.75. The van der Waals surface area contributed by atoms with Crippen molar-refractivity contribution < 1.29 is 4.48 Å². The summed E-state index contributed by atoms with van der Waals surface area (Å²) >= 11 is 0. The number of nitrogens with zero attached hydrogens (tertiary/aromatic N) is 1. The van der Waals surface area contributed by atoms with E-state index in [1.54, 1.807) is 5.56 Å². The number of quaternary nitrogens is 1. The smallest absolute Gasteiger partial charge is 0.114 e. The lowest BCUT2D eigenvalue weighted by Gasteiger charge is -2.39. The largest absolute Gasteiger partial charge is 0.322 e. The molecule has 0 aliphatic rings. The quantitative estimate of drug-likeness (QED) is 0.147. The lowest BCUT2D eigenvalue weighted by molar-refractivity contribution is -0.921. The normalized spacial score (nSPS) is 12.9. The molecule has 1 heteroatoms. The summed E-state index contributed by atoms with van der Waals surface area (Å²) in [6.45, 7) is 5.92. The Kier molecular flexibility index (Phi) is 16.2. The molecule has 0 fully saturated rings. The van der Waals surface area contributed by atoms with Crippen LogP contribution in [-0.2, 0) is 0 Å². The number of hydrogen-bond donors (Lipinski definition) is 0. The van der Waals surface area contributed by atoms with Gasteiger partial charge in [0.25, 0.3) is 0 Å². The second kappa shape index (κ2) is 17.8. The Labute approximate surface area is 190 Å². The number of rotatable bonds is 20. The minimum absolute atomic E-state index is 0.649. The van der Waals surface area contributed by atoms with Gasteiger partial charge >= 0.3 is 0 Å². The lowest BCUT2D eigenvalue weighted by Crippen LogP contribution is -2.44. The van der Waals surface area contributed by atoms with Gasteiger partial charge in [-0.15, -0.1) is 0 Å². The highest BCUT2D eigenvalue weighted by molar-refractivity contribution is 5.17. The maximum Gasteiger partial charge on any atom is 0.114 e. The van der Waals surface area contributed by atoms with Crippen molar-refractivity contribution in [3.8, 4) is 0 Å². The summed E-state index contributed by atoms with van der Waals surface area (Å²) in [7, 11) is 4.95. The molecule has 0 saturated heterocycles. The van der Waals surface area contributed by atoms with Gasteiger partial charge in [-0.1, -0.05) is 128 Å². The summed E-state index contributed by atoms with van der Waals surface area (Å²) in [4.78, 5) is 0. The molecular formula is C29H54N+. The monoisotopic (exact) mass is 416 g/mol. The first-order chi connectivity index (χ1) is 14.6. The van der Waals surface area contributed by atoms with Crippen LogP contribution in [0.5, 0.6) is 0 Å². The van der Waals surface area contributed by atoms with E-state index in [0.29, 0.717) is 6.04 Å². The molecule has 0 N–H and O–H groups in total. The van der Waals surface area contributed by atoms with Crippen LogP contribution >= 0.6 is 0 Å². The summed E-state index contributed by atoms with van der Waals surface area (Å²) < 4.78 is 1.15. The SMILES string of the molecule is CCCCCCCCCCC(c1ccccc1)[N+](C)(C)CCCCCCCCCC. The molecule has 0 saturated carbocycles. The number of benzene rings is 1. The van der Waals surface area contributed by atoms with E-state index in [1.165, 1.54) is 116 Å². The zero-order valence-corrected chi connectivity index (χ0v) is 21.1. The van der Waals surface area contributed by atoms with Gasteiger partial charge in [0.2, 0.25) is 0 Å². The molecule has 1 unspecified atom stereocenters. The Bertz CT molecular complexity index is 478. The van der Waals surface area contributed by atoms with Crippen molar-refractivity contribution in [2.45, 2.75) is 129 Å². The third kappa shape index (κ3) is 12.8. The summed E-state index contributed by atoms with van der Waals surface area (Å²) in [5.74, 6) is 0. The van der Waals surface area contributed by atoms with Crippen LogP contribution in [0.2, 0.25) is 0 Å². The molecule has 0 radical (unpaired) electrons. The molecule has 1 rings (SSSR count). The van der Waals surface area contributed by atoms with Crippen molar-refractivity contribution in [1.29, 1.82) is 0 Å². The Morgan fingerprint density at radius 2 is 1.00 bits per heavy atom. The minimum atomic E-state index is 0.649. The van der Waals surface area contributed by atoms with Crippen LogP contribution in [0.25, 0.3) is 0 Å². The minimum Gasteiger partial charge on any atom is -0.322 e. The fourth-order valence-electron chi connectivity index (χ4n) is 4.88. The van der Waals surface area contributed by atoms with Crippen molar-refractivity contribution >= 4 is 0 Å². The van der Waals surface area contributed by atoms with E-state index in [1.807, 2.05) is 0 Å². The van der Waals surface area contributed by atoms with Gasteiger partial charge in [-0.05, 0) is 19.3 Å². The molecule has 1 atom stereocenters. The van der Waals surface area contributed by atoms with Gasteiger partial charge in [0.05, 0.1) is 20.6 Å². The summed E-state index contributed by atoms with van der Waals surface area (Å²) in [5, 5.41) is 0. The molecule has 0 amide bonds. The van der Waals surface area contributed by atoms with Crippen LogP contribution in [-0.4, -0.2) is 25.1 Å². The van der Waals surface area contributed by atoms with Gasteiger partial charge in [-0.3, -0.25) is 0 Å².